The summed E-state index contributed by atoms with van der Waals surface area (Å²) >= 11 is 0. The van der Waals surface area contributed by atoms with Crippen molar-refractivity contribution in [3.8, 4) is 11.5 Å². The minimum atomic E-state index is -2.90. The molecule has 1 saturated heterocycles. The minimum Gasteiger partial charge on any atom is -0.444 e. The van der Waals surface area contributed by atoms with Crippen LogP contribution in [0.25, 0.3) is 11.5 Å². The van der Waals surface area contributed by atoms with E-state index in [0.717, 1.165) is 5.69 Å². The Balaban J connectivity index is 1.68. The molecule has 1 aliphatic rings. The van der Waals surface area contributed by atoms with Crippen molar-refractivity contribution in [2.24, 2.45) is 0 Å². The summed E-state index contributed by atoms with van der Waals surface area (Å²) in [5.41, 5.74) is 1.44. The second-order valence-electron chi connectivity index (χ2n) is 5.62. The molecule has 0 N–H and O–H groups in total. The molecule has 118 valence electrons. The summed E-state index contributed by atoms with van der Waals surface area (Å²) in [5, 5.41) is 0. The highest BCUT2D eigenvalue weighted by molar-refractivity contribution is 7.91. The van der Waals surface area contributed by atoms with Crippen LogP contribution in [0.15, 0.2) is 34.9 Å². The number of halogens is 1. The molecule has 0 aliphatic carbocycles. The van der Waals surface area contributed by atoms with Crippen molar-refractivity contribution in [3.05, 3.63) is 42.0 Å². The Morgan fingerprint density at radius 2 is 2.09 bits per heavy atom. The zero-order chi connectivity index (χ0) is 15.7. The van der Waals surface area contributed by atoms with Crippen molar-refractivity contribution in [2.45, 2.75) is 19.0 Å². The summed E-state index contributed by atoms with van der Waals surface area (Å²) in [4.78, 5) is 6.36. The Morgan fingerprint density at radius 3 is 2.73 bits per heavy atom. The van der Waals surface area contributed by atoms with E-state index in [2.05, 4.69) is 4.98 Å². The van der Waals surface area contributed by atoms with Gasteiger partial charge in [0.2, 0.25) is 5.89 Å². The van der Waals surface area contributed by atoms with Crippen LogP contribution in [0.2, 0.25) is 0 Å². The maximum Gasteiger partial charge on any atom is 0.226 e. The molecular formula is C15H17FN2O3S. The molecule has 0 spiro atoms. The third-order valence-corrected chi connectivity index (χ3v) is 5.64. The highest BCUT2D eigenvalue weighted by atomic mass is 32.2. The van der Waals surface area contributed by atoms with E-state index in [-0.39, 0.29) is 23.4 Å². The van der Waals surface area contributed by atoms with Crippen LogP contribution in [-0.2, 0) is 16.4 Å². The van der Waals surface area contributed by atoms with Crippen LogP contribution in [0.4, 0.5) is 4.39 Å². The maximum absolute atomic E-state index is 12.9. The van der Waals surface area contributed by atoms with Crippen molar-refractivity contribution >= 4 is 9.84 Å². The molecule has 1 unspecified atom stereocenters. The van der Waals surface area contributed by atoms with E-state index in [0.29, 0.717) is 24.4 Å². The third-order valence-electron chi connectivity index (χ3n) is 3.89. The van der Waals surface area contributed by atoms with Crippen LogP contribution >= 0.6 is 0 Å². The number of hydrogen-bond donors (Lipinski definition) is 0. The molecule has 0 radical (unpaired) electrons. The van der Waals surface area contributed by atoms with Crippen molar-refractivity contribution in [1.82, 2.24) is 9.88 Å². The number of aromatic nitrogens is 1. The fourth-order valence-corrected chi connectivity index (χ4v) is 4.42. The van der Waals surface area contributed by atoms with Crippen molar-refractivity contribution in [2.75, 3.05) is 18.6 Å². The van der Waals surface area contributed by atoms with Crippen LogP contribution in [0.3, 0.4) is 0 Å². The molecule has 5 nitrogen and oxygen atoms in total. The zero-order valence-electron chi connectivity index (χ0n) is 12.2. The van der Waals surface area contributed by atoms with Gasteiger partial charge in [-0.15, -0.1) is 0 Å². The Labute approximate surface area is 128 Å². The highest BCUT2D eigenvalue weighted by Gasteiger charge is 2.30. The Kier molecular flexibility index (Phi) is 4.01. The molecule has 0 amide bonds. The number of oxazole rings is 1. The minimum absolute atomic E-state index is 0.0240. The fourth-order valence-electron chi connectivity index (χ4n) is 2.61. The molecular weight excluding hydrogens is 307 g/mol. The lowest BCUT2D eigenvalue weighted by Crippen LogP contribution is -2.32. The predicted molar refractivity (Wildman–Crippen MR) is 80.4 cm³/mol. The van der Waals surface area contributed by atoms with E-state index in [1.165, 1.54) is 12.1 Å². The molecule has 1 aromatic carbocycles. The van der Waals surface area contributed by atoms with Crippen LogP contribution in [0.1, 0.15) is 12.1 Å². The smallest absolute Gasteiger partial charge is 0.226 e. The number of sulfone groups is 1. The van der Waals surface area contributed by atoms with Crippen molar-refractivity contribution < 1.29 is 17.2 Å². The number of benzene rings is 1. The Bertz CT molecular complexity index is 755. The molecule has 3 rings (SSSR count). The average Bonchev–Trinajstić information content (AvgIpc) is 3.06. The normalized spacial score (nSPS) is 20.6. The van der Waals surface area contributed by atoms with Gasteiger partial charge in [0, 0.05) is 18.2 Å². The molecule has 22 heavy (non-hydrogen) atoms. The Morgan fingerprint density at radius 1 is 1.36 bits per heavy atom. The SMILES string of the molecule is CN(Cc1coc(-c2ccc(F)cc2)n1)C1CCS(=O)(=O)C1. The number of rotatable bonds is 4. The molecule has 1 aromatic heterocycles. The van der Waals surface area contributed by atoms with Gasteiger partial charge < -0.3 is 4.42 Å². The molecule has 2 aromatic rings. The monoisotopic (exact) mass is 324 g/mol. The zero-order valence-corrected chi connectivity index (χ0v) is 13.0. The fraction of sp³-hybridized carbons (Fsp3) is 0.400. The first kappa shape index (κ1) is 15.2. The summed E-state index contributed by atoms with van der Waals surface area (Å²) in [7, 11) is -1.01. The largest absolute Gasteiger partial charge is 0.444 e. The van der Waals surface area contributed by atoms with Crippen LogP contribution < -0.4 is 0 Å². The van der Waals surface area contributed by atoms with Crippen molar-refractivity contribution in [1.29, 1.82) is 0 Å². The first-order valence-electron chi connectivity index (χ1n) is 7.04. The van der Waals surface area contributed by atoms with Crippen LogP contribution in [-0.4, -0.2) is 42.9 Å². The first-order valence-corrected chi connectivity index (χ1v) is 8.86. The second-order valence-corrected chi connectivity index (χ2v) is 7.85. The summed E-state index contributed by atoms with van der Waals surface area (Å²) in [6, 6.07) is 5.95. The van der Waals surface area contributed by atoms with Gasteiger partial charge in [0.1, 0.15) is 12.1 Å². The number of hydrogen-bond acceptors (Lipinski definition) is 5. The van der Waals surface area contributed by atoms with Gasteiger partial charge in [0.15, 0.2) is 9.84 Å². The van der Waals surface area contributed by atoms with Gasteiger partial charge in [0.25, 0.3) is 0 Å². The lowest BCUT2D eigenvalue weighted by atomic mass is 10.2. The molecule has 7 heteroatoms. The maximum atomic E-state index is 12.9. The summed E-state index contributed by atoms with van der Waals surface area (Å²) in [6.07, 6.45) is 2.21. The quantitative estimate of drug-likeness (QED) is 0.862. The van der Waals surface area contributed by atoms with E-state index in [1.807, 2.05) is 11.9 Å². The van der Waals surface area contributed by atoms with Crippen molar-refractivity contribution in [3.63, 3.8) is 0 Å². The van der Waals surface area contributed by atoms with Gasteiger partial charge in [-0.3, -0.25) is 4.90 Å². The van der Waals surface area contributed by atoms with Gasteiger partial charge in [0.05, 0.1) is 17.2 Å². The molecule has 1 atom stereocenters. The Hall–Kier alpha value is -1.73. The molecule has 0 saturated carbocycles. The second kappa shape index (κ2) is 5.81. The standard InChI is InChI=1S/C15H17FN2O3S/c1-18(14-6-7-22(19,20)10-14)8-13-9-21-15(17-13)11-2-4-12(16)5-3-11/h2-5,9,14H,6-8,10H2,1H3. The van der Waals surface area contributed by atoms with Gasteiger partial charge in [-0.2, -0.15) is 0 Å². The summed E-state index contributed by atoms with van der Waals surface area (Å²) < 4.78 is 41.4. The number of nitrogens with zero attached hydrogens (tertiary/aromatic N) is 2. The average molecular weight is 324 g/mol. The van der Waals surface area contributed by atoms with Gasteiger partial charge in [-0.05, 0) is 37.7 Å². The van der Waals surface area contributed by atoms with Gasteiger partial charge >= 0.3 is 0 Å². The highest BCUT2D eigenvalue weighted by Crippen LogP contribution is 2.21. The van der Waals surface area contributed by atoms with Crippen LogP contribution in [0, 0.1) is 5.82 Å². The van der Waals surface area contributed by atoms with E-state index in [4.69, 9.17) is 4.42 Å². The predicted octanol–water partition coefficient (Wildman–Crippen LogP) is 2.10. The van der Waals surface area contributed by atoms with Gasteiger partial charge in [-0.1, -0.05) is 0 Å². The van der Waals surface area contributed by atoms with Crippen LogP contribution in [0.5, 0.6) is 0 Å². The molecule has 1 aliphatic heterocycles. The first-order chi connectivity index (χ1) is 10.4. The lowest BCUT2D eigenvalue weighted by Gasteiger charge is -2.21. The topological polar surface area (TPSA) is 63.4 Å². The lowest BCUT2D eigenvalue weighted by molar-refractivity contribution is 0.251. The van der Waals surface area contributed by atoms with E-state index < -0.39 is 9.84 Å². The van der Waals surface area contributed by atoms with E-state index >= 15 is 0 Å². The molecule has 1 fully saturated rings. The summed E-state index contributed by atoms with van der Waals surface area (Å²) in [5.74, 6) is 0.577. The van der Waals surface area contributed by atoms with E-state index in [1.54, 1.807) is 18.4 Å². The molecule has 0 bridgehead atoms. The molecule has 2 heterocycles. The third kappa shape index (κ3) is 3.36. The van der Waals surface area contributed by atoms with E-state index in [9.17, 15) is 12.8 Å². The summed E-state index contributed by atoms with van der Waals surface area (Å²) in [6.45, 7) is 0.519. The van der Waals surface area contributed by atoms with Gasteiger partial charge in [-0.25, -0.2) is 17.8 Å².